The number of fused-ring (bicyclic) bond motifs is 1. The van der Waals surface area contributed by atoms with Crippen molar-refractivity contribution in [2.24, 2.45) is 0 Å². The predicted molar refractivity (Wildman–Crippen MR) is 120 cm³/mol. The average molecular weight is 424 g/mol. The molecular formula is C24H29N3O4. The Morgan fingerprint density at radius 3 is 2.61 bits per heavy atom. The van der Waals surface area contributed by atoms with Gasteiger partial charge in [-0.3, -0.25) is 4.79 Å². The van der Waals surface area contributed by atoms with E-state index >= 15 is 0 Å². The first-order chi connectivity index (χ1) is 14.9. The smallest absolute Gasteiger partial charge is 0.315 e. The molecule has 0 aliphatic rings. The maximum Gasteiger partial charge on any atom is 0.315 e. The highest BCUT2D eigenvalue weighted by atomic mass is 16.5. The zero-order valence-electron chi connectivity index (χ0n) is 18.4. The number of hydrogen-bond donors (Lipinski definition) is 2. The van der Waals surface area contributed by atoms with Gasteiger partial charge in [0.25, 0.3) is 0 Å². The van der Waals surface area contributed by atoms with Crippen LogP contribution in [-0.2, 0) is 11.3 Å². The lowest BCUT2D eigenvalue weighted by Gasteiger charge is -2.18. The van der Waals surface area contributed by atoms with Gasteiger partial charge in [0.05, 0.1) is 13.2 Å². The molecule has 7 nitrogen and oxygen atoms in total. The van der Waals surface area contributed by atoms with Crippen LogP contribution in [0.25, 0.3) is 11.0 Å². The van der Waals surface area contributed by atoms with E-state index in [-0.39, 0.29) is 30.9 Å². The topological polar surface area (TPSA) is 83.8 Å². The van der Waals surface area contributed by atoms with Gasteiger partial charge < -0.3 is 24.7 Å². The van der Waals surface area contributed by atoms with Crippen LogP contribution in [0.15, 0.2) is 52.9 Å². The molecule has 1 aromatic heterocycles. The predicted octanol–water partition coefficient (Wildman–Crippen LogP) is 4.16. The molecule has 7 heteroatoms. The first-order valence-corrected chi connectivity index (χ1v) is 10.3. The van der Waals surface area contributed by atoms with Crippen LogP contribution in [-0.4, -0.2) is 37.5 Å². The molecule has 1 atom stereocenters. The van der Waals surface area contributed by atoms with Crippen LogP contribution in [0.4, 0.5) is 4.79 Å². The van der Waals surface area contributed by atoms with Crippen LogP contribution >= 0.6 is 0 Å². The van der Waals surface area contributed by atoms with E-state index in [0.717, 1.165) is 27.8 Å². The number of rotatable bonds is 8. The highest BCUT2D eigenvalue weighted by Crippen LogP contribution is 2.31. The van der Waals surface area contributed by atoms with E-state index in [0.29, 0.717) is 12.3 Å². The number of furan rings is 1. The van der Waals surface area contributed by atoms with Gasteiger partial charge in [-0.15, -0.1) is 0 Å². The molecule has 3 rings (SSSR count). The molecule has 31 heavy (non-hydrogen) atoms. The second kappa shape index (κ2) is 10.0. The molecule has 0 spiro atoms. The van der Waals surface area contributed by atoms with Gasteiger partial charge in [0, 0.05) is 37.5 Å². The van der Waals surface area contributed by atoms with E-state index < -0.39 is 0 Å². The summed E-state index contributed by atoms with van der Waals surface area (Å²) in [5, 5.41) is 6.57. The van der Waals surface area contributed by atoms with Crippen molar-refractivity contribution in [3.05, 3.63) is 65.4 Å². The number of ether oxygens (including phenoxy) is 1. The van der Waals surface area contributed by atoms with Crippen LogP contribution in [0.5, 0.6) is 5.75 Å². The Labute approximate surface area is 182 Å². The quantitative estimate of drug-likeness (QED) is 0.570. The Kier molecular flexibility index (Phi) is 7.18. The number of hydrogen-bond acceptors (Lipinski definition) is 4. The highest BCUT2D eigenvalue weighted by molar-refractivity contribution is 5.84. The molecule has 3 amide bonds. The van der Waals surface area contributed by atoms with Gasteiger partial charge in [0.2, 0.25) is 5.91 Å². The van der Waals surface area contributed by atoms with Crippen LogP contribution in [0.3, 0.4) is 0 Å². The Balaban J connectivity index is 1.49. The summed E-state index contributed by atoms with van der Waals surface area (Å²) in [4.78, 5) is 26.2. The lowest BCUT2D eigenvalue weighted by molar-refractivity contribution is -0.130. The molecule has 0 aliphatic heterocycles. The van der Waals surface area contributed by atoms with Crippen molar-refractivity contribution in [3.63, 3.8) is 0 Å². The Hall–Kier alpha value is -3.48. The van der Waals surface area contributed by atoms with Gasteiger partial charge in [0.1, 0.15) is 17.1 Å². The number of nitrogens with one attached hydrogen (secondary N) is 2. The van der Waals surface area contributed by atoms with Crippen LogP contribution in [0.1, 0.15) is 36.3 Å². The minimum absolute atomic E-state index is 0.0284. The van der Waals surface area contributed by atoms with E-state index in [1.165, 1.54) is 0 Å². The summed E-state index contributed by atoms with van der Waals surface area (Å²) in [7, 11) is 3.38. The second-order valence-corrected chi connectivity index (χ2v) is 7.56. The van der Waals surface area contributed by atoms with Crippen molar-refractivity contribution < 1.29 is 18.7 Å². The molecule has 1 heterocycles. The van der Waals surface area contributed by atoms with Crippen molar-refractivity contribution in [3.8, 4) is 5.75 Å². The standard InChI is InChI=1S/C24H29N3O4/c1-16-20-14-19(30-4)10-11-21(20)31-23(16)17(2)26-24(29)25-13-12-22(28)27(3)15-18-8-6-5-7-9-18/h5-11,14,17H,12-13,15H2,1-4H3,(H2,25,26,29). The van der Waals surface area contributed by atoms with Crippen molar-refractivity contribution in [1.29, 1.82) is 0 Å². The highest BCUT2D eigenvalue weighted by Gasteiger charge is 2.19. The number of methoxy groups -OCH3 is 1. The molecule has 0 bridgehead atoms. The van der Waals surface area contributed by atoms with Gasteiger partial charge in [-0.25, -0.2) is 4.79 Å². The number of amides is 3. The zero-order valence-corrected chi connectivity index (χ0v) is 18.4. The first kappa shape index (κ1) is 22.2. The molecule has 0 aliphatic carbocycles. The van der Waals surface area contributed by atoms with E-state index in [1.807, 2.05) is 62.4 Å². The minimum atomic E-state index is -0.344. The number of aryl methyl sites for hydroxylation is 1. The summed E-state index contributed by atoms with van der Waals surface area (Å²) in [6.45, 7) is 4.62. The van der Waals surface area contributed by atoms with E-state index in [4.69, 9.17) is 9.15 Å². The summed E-state index contributed by atoms with van der Waals surface area (Å²) < 4.78 is 11.2. The first-order valence-electron chi connectivity index (χ1n) is 10.3. The number of benzene rings is 2. The van der Waals surface area contributed by atoms with Crippen LogP contribution < -0.4 is 15.4 Å². The fraction of sp³-hybridized carbons (Fsp3) is 0.333. The Morgan fingerprint density at radius 1 is 1.16 bits per heavy atom. The molecule has 0 radical (unpaired) electrons. The van der Waals surface area contributed by atoms with Crippen LogP contribution in [0, 0.1) is 6.92 Å². The summed E-state index contributed by atoms with van der Waals surface area (Å²) >= 11 is 0. The van der Waals surface area contributed by atoms with Crippen molar-refractivity contribution >= 4 is 22.9 Å². The lowest BCUT2D eigenvalue weighted by Crippen LogP contribution is -2.39. The summed E-state index contributed by atoms with van der Waals surface area (Å²) in [5.41, 5.74) is 2.77. The van der Waals surface area contributed by atoms with Gasteiger partial charge in [-0.1, -0.05) is 30.3 Å². The average Bonchev–Trinajstić information content (AvgIpc) is 3.10. The fourth-order valence-electron chi connectivity index (χ4n) is 3.49. The molecule has 1 unspecified atom stereocenters. The molecule has 2 N–H and O–H groups in total. The zero-order chi connectivity index (χ0) is 22.4. The third-order valence-electron chi connectivity index (χ3n) is 5.23. The Bertz CT molecular complexity index is 1050. The van der Waals surface area contributed by atoms with E-state index in [9.17, 15) is 9.59 Å². The molecule has 0 fully saturated rings. The van der Waals surface area contributed by atoms with Crippen molar-refractivity contribution in [1.82, 2.24) is 15.5 Å². The van der Waals surface area contributed by atoms with Gasteiger partial charge in [-0.2, -0.15) is 0 Å². The summed E-state index contributed by atoms with van der Waals surface area (Å²) in [5.74, 6) is 1.42. The number of carbonyl (C=O) groups is 2. The van der Waals surface area contributed by atoms with E-state index in [1.54, 1.807) is 19.1 Å². The SMILES string of the molecule is COc1ccc2oc(C(C)NC(=O)NCCC(=O)N(C)Cc3ccccc3)c(C)c2c1. The molecule has 0 saturated carbocycles. The molecule has 0 saturated heterocycles. The monoisotopic (exact) mass is 423 g/mol. The van der Waals surface area contributed by atoms with Gasteiger partial charge in [-0.05, 0) is 37.6 Å². The number of nitrogens with zero attached hydrogens (tertiary/aromatic N) is 1. The molecule has 2 aromatic carbocycles. The van der Waals surface area contributed by atoms with E-state index in [2.05, 4.69) is 10.6 Å². The van der Waals surface area contributed by atoms with Crippen molar-refractivity contribution in [2.75, 3.05) is 20.7 Å². The van der Waals surface area contributed by atoms with Gasteiger partial charge >= 0.3 is 6.03 Å². The minimum Gasteiger partial charge on any atom is -0.497 e. The van der Waals surface area contributed by atoms with Crippen LogP contribution in [0.2, 0.25) is 0 Å². The largest absolute Gasteiger partial charge is 0.497 e. The third-order valence-corrected chi connectivity index (χ3v) is 5.23. The summed E-state index contributed by atoms with van der Waals surface area (Å²) in [6, 6.07) is 14.7. The summed E-state index contributed by atoms with van der Waals surface area (Å²) in [6.07, 6.45) is 0.231. The second-order valence-electron chi connectivity index (χ2n) is 7.56. The number of carbonyl (C=O) groups excluding carboxylic acids is 2. The molecule has 164 valence electrons. The lowest BCUT2D eigenvalue weighted by atomic mass is 10.1. The molecule has 3 aromatic rings. The molecular weight excluding hydrogens is 394 g/mol. The fourth-order valence-corrected chi connectivity index (χ4v) is 3.49. The third kappa shape index (κ3) is 5.57. The normalized spacial score (nSPS) is 11.7. The van der Waals surface area contributed by atoms with Gasteiger partial charge in [0.15, 0.2) is 0 Å². The Morgan fingerprint density at radius 2 is 1.90 bits per heavy atom. The maximum absolute atomic E-state index is 12.3. The maximum atomic E-state index is 12.3. The number of urea groups is 1. The van der Waals surface area contributed by atoms with Crippen molar-refractivity contribution in [2.45, 2.75) is 32.9 Å².